The summed E-state index contributed by atoms with van der Waals surface area (Å²) >= 11 is 0. The summed E-state index contributed by atoms with van der Waals surface area (Å²) in [6.07, 6.45) is 2.24. The average molecular weight is 850 g/mol. The van der Waals surface area contributed by atoms with Gasteiger partial charge in [0.1, 0.15) is 17.2 Å². The van der Waals surface area contributed by atoms with E-state index in [0.29, 0.717) is 62.6 Å². The van der Waals surface area contributed by atoms with E-state index in [-0.39, 0.29) is 42.1 Å². The van der Waals surface area contributed by atoms with Gasteiger partial charge in [0.05, 0.1) is 0 Å². The van der Waals surface area contributed by atoms with Gasteiger partial charge in [-0.15, -0.1) is 10.2 Å². The quantitative estimate of drug-likeness (QED) is 0.129. The van der Waals surface area contributed by atoms with Gasteiger partial charge in [-0.05, 0) is 144 Å². The molecule has 1 aromatic heterocycles. The first-order valence-electron chi connectivity index (χ1n) is 21.3. The lowest BCUT2D eigenvalue weighted by Gasteiger charge is -2.35. The van der Waals surface area contributed by atoms with Crippen molar-refractivity contribution in [3.05, 3.63) is 83.4 Å². The molecule has 4 N–H and O–H groups in total. The molecule has 1 aliphatic carbocycles. The smallest absolute Gasteiger partial charge is 0.410 e. The summed E-state index contributed by atoms with van der Waals surface area (Å²) in [4.78, 5) is 69.2. The van der Waals surface area contributed by atoms with Gasteiger partial charge in [-0.2, -0.15) is 5.21 Å². The minimum absolute atomic E-state index is 0.0867. The summed E-state index contributed by atoms with van der Waals surface area (Å²) in [6, 6.07) is 19.7. The molecule has 62 heavy (non-hydrogen) atoms. The van der Waals surface area contributed by atoms with E-state index >= 15 is 0 Å². The van der Waals surface area contributed by atoms with E-state index in [1.807, 2.05) is 90.9 Å². The van der Waals surface area contributed by atoms with Crippen molar-refractivity contribution in [2.24, 2.45) is 11.8 Å². The molecule has 0 bridgehead atoms. The SMILES string of the molecule is Cc1cc(C(=O)N2CCN(C(=O)OC(C)(C)C)CC2)ccc1-c1ccc(C[C@H](NC(=O)C2CCC(CNC(=O)OC(C)(C)C)CC2)C(=O)Nc2ccc(-c3nn[nH]n3)cc2)cc1. The number of aromatic nitrogens is 4. The average Bonchev–Trinajstić information content (AvgIpc) is 3.77. The molecular weight excluding hydrogens is 791 g/mol. The highest BCUT2D eigenvalue weighted by Gasteiger charge is 2.31. The molecule has 16 nitrogen and oxygen atoms in total. The molecule has 1 saturated heterocycles. The van der Waals surface area contributed by atoms with Crippen LogP contribution in [0.15, 0.2) is 66.7 Å². The zero-order valence-corrected chi connectivity index (χ0v) is 36.7. The number of piperazine rings is 1. The fraction of sp³-hybridized carbons (Fsp3) is 0.478. The lowest BCUT2D eigenvalue weighted by atomic mass is 9.81. The van der Waals surface area contributed by atoms with E-state index in [2.05, 4.69) is 36.6 Å². The molecule has 6 rings (SSSR count). The van der Waals surface area contributed by atoms with Gasteiger partial charge in [0.2, 0.25) is 17.6 Å². The van der Waals surface area contributed by atoms with Gasteiger partial charge in [-0.1, -0.05) is 30.3 Å². The summed E-state index contributed by atoms with van der Waals surface area (Å²) in [5.41, 5.74) is 4.39. The molecule has 0 unspecified atom stereocenters. The van der Waals surface area contributed by atoms with Gasteiger partial charge in [-0.25, -0.2) is 9.59 Å². The second-order valence-corrected chi connectivity index (χ2v) is 18.2. The molecule has 2 aliphatic rings. The monoisotopic (exact) mass is 849 g/mol. The Bertz CT molecular complexity index is 2180. The molecule has 16 heteroatoms. The van der Waals surface area contributed by atoms with Gasteiger partial charge in [-0.3, -0.25) is 14.4 Å². The van der Waals surface area contributed by atoms with Gasteiger partial charge < -0.3 is 35.2 Å². The minimum Gasteiger partial charge on any atom is -0.444 e. The molecular formula is C46H59N9O7. The zero-order valence-electron chi connectivity index (χ0n) is 36.7. The number of rotatable bonds is 11. The summed E-state index contributed by atoms with van der Waals surface area (Å²) < 4.78 is 10.9. The number of hydrogen-bond acceptors (Lipinski definition) is 10. The number of alkyl carbamates (subject to hydrolysis) is 1. The van der Waals surface area contributed by atoms with Crippen molar-refractivity contribution in [1.29, 1.82) is 0 Å². The Morgan fingerprint density at radius 3 is 2.02 bits per heavy atom. The lowest BCUT2D eigenvalue weighted by molar-refractivity contribution is -0.130. The molecule has 1 aliphatic heterocycles. The van der Waals surface area contributed by atoms with Crippen LogP contribution in [0, 0.1) is 18.8 Å². The number of H-pyrrole nitrogens is 1. The summed E-state index contributed by atoms with van der Waals surface area (Å²) in [7, 11) is 0. The van der Waals surface area contributed by atoms with Crippen LogP contribution < -0.4 is 16.0 Å². The van der Waals surface area contributed by atoms with Crippen molar-refractivity contribution < 1.29 is 33.4 Å². The summed E-state index contributed by atoms with van der Waals surface area (Å²) in [6.45, 7) is 15.1. The molecule has 2 heterocycles. The van der Waals surface area contributed by atoms with Gasteiger partial charge >= 0.3 is 12.2 Å². The number of ether oxygens (including phenoxy) is 2. The van der Waals surface area contributed by atoms with Crippen molar-refractivity contribution in [2.75, 3.05) is 38.0 Å². The van der Waals surface area contributed by atoms with Gasteiger partial charge in [0, 0.05) is 61.9 Å². The van der Waals surface area contributed by atoms with E-state index in [0.717, 1.165) is 40.7 Å². The Morgan fingerprint density at radius 1 is 0.790 bits per heavy atom. The van der Waals surface area contributed by atoms with Crippen LogP contribution in [-0.4, -0.2) is 110 Å². The van der Waals surface area contributed by atoms with Crippen LogP contribution in [0.1, 0.15) is 88.7 Å². The van der Waals surface area contributed by atoms with Crippen molar-refractivity contribution in [3.63, 3.8) is 0 Å². The highest BCUT2D eigenvalue weighted by molar-refractivity contribution is 5.98. The molecule has 330 valence electrons. The normalized spacial score (nSPS) is 17.4. The van der Waals surface area contributed by atoms with Crippen molar-refractivity contribution in [1.82, 2.24) is 41.1 Å². The first-order chi connectivity index (χ1) is 29.4. The third-order valence-electron chi connectivity index (χ3n) is 10.9. The summed E-state index contributed by atoms with van der Waals surface area (Å²) in [5, 5.41) is 22.9. The Morgan fingerprint density at radius 2 is 1.42 bits per heavy atom. The Labute approximate surface area is 362 Å². The third-order valence-corrected chi connectivity index (χ3v) is 10.9. The maximum absolute atomic E-state index is 13.9. The molecule has 1 saturated carbocycles. The number of benzene rings is 3. The number of tetrazole rings is 1. The molecule has 0 spiro atoms. The van der Waals surface area contributed by atoms with E-state index in [9.17, 15) is 24.0 Å². The largest absolute Gasteiger partial charge is 0.444 e. The number of nitrogens with one attached hydrogen (secondary N) is 4. The second-order valence-electron chi connectivity index (χ2n) is 18.2. The minimum atomic E-state index is -0.866. The van der Waals surface area contributed by atoms with Crippen molar-refractivity contribution in [3.8, 4) is 22.5 Å². The first kappa shape index (κ1) is 45.2. The number of nitrogens with zero attached hydrogens (tertiary/aromatic N) is 5. The van der Waals surface area contributed by atoms with Crippen LogP contribution in [0.4, 0.5) is 15.3 Å². The van der Waals surface area contributed by atoms with Crippen LogP contribution in [-0.2, 0) is 25.5 Å². The van der Waals surface area contributed by atoms with Crippen LogP contribution in [0.5, 0.6) is 0 Å². The van der Waals surface area contributed by atoms with Crippen LogP contribution in [0.2, 0.25) is 0 Å². The van der Waals surface area contributed by atoms with Crippen molar-refractivity contribution >= 4 is 35.6 Å². The fourth-order valence-electron chi connectivity index (χ4n) is 7.66. The van der Waals surface area contributed by atoms with Crippen molar-refractivity contribution in [2.45, 2.75) is 97.8 Å². The molecule has 3 aromatic carbocycles. The van der Waals surface area contributed by atoms with Crippen LogP contribution in [0.25, 0.3) is 22.5 Å². The number of carbonyl (C=O) groups excluding carboxylic acids is 5. The Balaban J connectivity index is 1.09. The predicted molar refractivity (Wildman–Crippen MR) is 234 cm³/mol. The first-order valence-corrected chi connectivity index (χ1v) is 21.3. The van der Waals surface area contributed by atoms with E-state index in [1.165, 1.54) is 0 Å². The van der Waals surface area contributed by atoms with Gasteiger partial charge in [0.25, 0.3) is 5.91 Å². The zero-order chi connectivity index (χ0) is 44.6. The molecule has 4 aromatic rings. The second kappa shape index (κ2) is 19.6. The highest BCUT2D eigenvalue weighted by atomic mass is 16.6. The van der Waals surface area contributed by atoms with E-state index in [1.54, 1.807) is 34.1 Å². The topological polar surface area (TPSA) is 201 Å². The Kier molecular flexibility index (Phi) is 14.3. The molecule has 1 atom stereocenters. The number of hydrogen-bond donors (Lipinski definition) is 4. The van der Waals surface area contributed by atoms with Crippen LogP contribution in [0.3, 0.4) is 0 Å². The number of aromatic amines is 1. The number of anilines is 1. The highest BCUT2D eigenvalue weighted by Crippen LogP contribution is 2.30. The molecule has 0 radical (unpaired) electrons. The third kappa shape index (κ3) is 12.6. The van der Waals surface area contributed by atoms with E-state index in [4.69, 9.17) is 9.47 Å². The number of aryl methyl sites for hydroxylation is 1. The number of amides is 5. The lowest BCUT2D eigenvalue weighted by Crippen LogP contribution is -2.51. The summed E-state index contributed by atoms with van der Waals surface area (Å²) in [5.74, 6) is -0.224. The Hall–Kier alpha value is -6.32. The molecule has 2 fully saturated rings. The predicted octanol–water partition coefficient (Wildman–Crippen LogP) is 6.53. The maximum atomic E-state index is 13.9. The fourth-order valence-corrected chi connectivity index (χ4v) is 7.66. The maximum Gasteiger partial charge on any atom is 0.410 e. The number of carbonyl (C=O) groups is 5. The van der Waals surface area contributed by atoms with E-state index < -0.39 is 23.3 Å². The van der Waals surface area contributed by atoms with Crippen LogP contribution >= 0.6 is 0 Å². The standard InChI is InChI=1S/C46H59N9O7/c1-29-26-35(42(58)54-22-24-55(25-23-54)44(60)62-46(5,6)7)18-21-37(29)32-12-8-30(9-13-32)27-38(41(57)48-36-19-16-33(17-20-36)39-50-52-53-51-39)49-40(56)34-14-10-31(11-15-34)28-47-43(59)61-45(2,3)4/h8-9,12-13,16-21,26,31,34,38H,10-11,14-15,22-25,27-28H2,1-7H3,(H,47,59)(H,48,57)(H,49,56)(H,50,51,52,53)/t31?,34?,38-/m0/s1. The molecule has 5 amide bonds. The van der Waals surface area contributed by atoms with Gasteiger partial charge in [0.15, 0.2) is 0 Å².